The molecule has 17 heavy (non-hydrogen) atoms. The fraction of sp³-hybridized carbons (Fsp3) is 0.571. The van der Waals surface area contributed by atoms with Crippen LogP contribution >= 0.6 is 0 Å². The predicted molar refractivity (Wildman–Crippen MR) is 68.4 cm³/mol. The lowest BCUT2D eigenvalue weighted by atomic mass is 10.1. The lowest BCUT2D eigenvalue weighted by Crippen LogP contribution is -2.18. The Morgan fingerprint density at radius 2 is 1.94 bits per heavy atom. The van der Waals surface area contributed by atoms with Crippen molar-refractivity contribution in [3.05, 3.63) is 29.8 Å². The summed E-state index contributed by atoms with van der Waals surface area (Å²) in [6.45, 7) is 3.26. The fourth-order valence-electron chi connectivity index (χ4n) is 1.56. The minimum absolute atomic E-state index is 0.409. The molecule has 0 heterocycles. The molecule has 0 aliphatic carbocycles. The van der Waals surface area contributed by atoms with Crippen LogP contribution in [0.25, 0.3) is 0 Å². The lowest BCUT2D eigenvalue weighted by Gasteiger charge is -2.11. The van der Waals surface area contributed by atoms with E-state index in [4.69, 9.17) is 9.47 Å². The molecule has 3 heteroatoms. The zero-order valence-electron chi connectivity index (χ0n) is 10.7. The minimum Gasteiger partial charge on any atom is -0.497 e. The van der Waals surface area contributed by atoms with E-state index in [1.165, 1.54) is 0 Å². The first-order valence-electron chi connectivity index (χ1n) is 6.15. The normalized spacial score (nSPS) is 12.4. The Labute approximate surface area is 103 Å². The van der Waals surface area contributed by atoms with Gasteiger partial charge in [-0.1, -0.05) is 25.5 Å². The standard InChI is InChI=1S/C14H22O3/c1-3-4-9-17-11-13(15)10-12-5-7-14(16-2)8-6-12/h5-8,13,15H,3-4,9-11H2,1-2H3/t13-/m0/s1. The third kappa shape index (κ3) is 5.71. The molecule has 3 nitrogen and oxygen atoms in total. The van der Waals surface area contributed by atoms with Gasteiger partial charge in [-0.3, -0.25) is 0 Å². The van der Waals surface area contributed by atoms with Crippen LogP contribution in [-0.2, 0) is 11.2 Å². The number of ether oxygens (including phenoxy) is 2. The summed E-state index contributed by atoms with van der Waals surface area (Å²) in [7, 11) is 1.64. The van der Waals surface area contributed by atoms with E-state index in [1.54, 1.807) is 7.11 Å². The highest BCUT2D eigenvalue weighted by Crippen LogP contribution is 2.12. The molecule has 1 N–H and O–H groups in total. The summed E-state index contributed by atoms with van der Waals surface area (Å²) < 4.78 is 10.5. The van der Waals surface area contributed by atoms with Crippen molar-refractivity contribution in [2.75, 3.05) is 20.3 Å². The van der Waals surface area contributed by atoms with E-state index in [2.05, 4.69) is 6.92 Å². The molecule has 0 amide bonds. The Balaban J connectivity index is 2.26. The quantitative estimate of drug-likeness (QED) is 0.707. The maximum absolute atomic E-state index is 9.77. The number of benzene rings is 1. The number of aliphatic hydroxyl groups is 1. The van der Waals surface area contributed by atoms with Crippen molar-refractivity contribution in [1.82, 2.24) is 0 Å². The maximum Gasteiger partial charge on any atom is 0.118 e. The van der Waals surface area contributed by atoms with Crippen LogP contribution in [0.5, 0.6) is 5.75 Å². The lowest BCUT2D eigenvalue weighted by molar-refractivity contribution is 0.0360. The van der Waals surface area contributed by atoms with Gasteiger partial charge in [-0.25, -0.2) is 0 Å². The monoisotopic (exact) mass is 238 g/mol. The highest BCUT2D eigenvalue weighted by atomic mass is 16.5. The van der Waals surface area contributed by atoms with Crippen molar-refractivity contribution in [1.29, 1.82) is 0 Å². The average molecular weight is 238 g/mol. The summed E-state index contributed by atoms with van der Waals surface area (Å²) in [5, 5.41) is 9.77. The number of methoxy groups -OCH3 is 1. The first kappa shape index (κ1) is 14.0. The molecule has 1 rings (SSSR count). The molecule has 1 aromatic rings. The van der Waals surface area contributed by atoms with Crippen molar-refractivity contribution >= 4 is 0 Å². The molecule has 0 radical (unpaired) electrons. The molecule has 0 bridgehead atoms. The third-order valence-electron chi connectivity index (χ3n) is 2.58. The van der Waals surface area contributed by atoms with Gasteiger partial charge < -0.3 is 14.6 Å². The summed E-state index contributed by atoms with van der Waals surface area (Å²) in [6, 6.07) is 7.74. The van der Waals surface area contributed by atoms with Crippen molar-refractivity contribution in [2.24, 2.45) is 0 Å². The molecule has 0 aliphatic heterocycles. The fourth-order valence-corrected chi connectivity index (χ4v) is 1.56. The zero-order valence-corrected chi connectivity index (χ0v) is 10.7. The van der Waals surface area contributed by atoms with Crippen molar-refractivity contribution < 1.29 is 14.6 Å². The van der Waals surface area contributed by atoms with Gasteiger partial charge in [-0.2, -0.15) is 0 Å². The SMILES string of the molecule is CCCCOC[C@@H](O)Cc1ccc(OC)cc1. The van der Waals surface area contributed by atoms with Gasteiger partial charge in [0, 0.05) is 13.0 Å². The number of aliphatic hydroxyl groups excluding tert-OH is 1. The Morgan fingerprint density at radius 1 is 1.24 bits per heavy atom. The third-order valence-corrected chi connectivity index (χ3v) is 2.58. The Hall–Kier alpha value is -1.06. The summed E-state index contributed by atoms with van der Waals surface area (Å²) in [5.74, 6) is 0.836. The van der Waals surface area contributed by atoms with Crippen LogP contribution in [0.3, 0.4) is 0 Å². The minimum atomic E-state index is -0.430. The summed E-state index contributed by atoms with van der Waals surface area (Å²) in [5.41, 5.74) is 1.09. The van der Waals surface area contributed by atoms with Crippen molar-refractivity contribution in [3.8, 4) is 5.75 Å². The second-order valence-corrected chi connectivity index (χ2v) is 4.13. The number of rotatable bonds is 8. The summed E-state index contributed by atoms with van der Waals surface area (Å²) in [4.78, 5) is 0. The van der Waals surface area contributed by atoms with Crippen LogP contribution < -0.4 is 4.74 Å². The van der Waals surface area contributed by atoms with Crippen LogP contribution in [0.2, 0.25) is 0 Å². The molecule has 0 fully saturated rings. The van der Waals surface area contributed by atoms with E-state index >= 15 is 0 Å². The number of hydrogen-bond acceptors (Lipinski definition) is 3. The van der Waals surface area contributed by atoms with Crippen LogP contribution in [0, 0.1) is 0 Å². The summed E-state index contributed by atoms with van der Waals surface area (Å²) >= 11 is 0. The van der Waals surface area contributed by atoms with Gasteiger partial charge in [0.2, 0.25) is 0 Å². The highest BCUT2D eigenvalue weighted by Gasteiger charge is 2.05. The van der Waals surface area contributed by atoms with Gasteiger partial charge in [-0.15, -0.1) is 0 Å². The Kier molecular flexibility index (Phi) is 6.67. The molecule has 0 aliphatic rings. The van der Waals surface area contributed by atoms with E-state index in [1.807, 2.05) is 24.3 Å². The number of unbranched alkanes of at least 4 members (excludes halogenated alkanes) is 1. The van der Waals surface area contributed by atoms with E-state index in [9.17, 15) is 5.11 Å². The van der Waals surface area contributed by atoms with Crippen LogP contribution in [0.15, 0.2) is 24.3 Å². The van der Waals surface area contributed by atoms with Gasteiger partial charge in [0.15, 0.2) is 0 Å². The highest BCUT2D eigenvalue weighted by molar-refractivity contribution is 5.27. The van der Waals surface area contributed by atoms with E-state index < -0.39 is 6.10 Å². The largest absolute Gasteiger partial charge is 0.497 e. The first-order valence-corrected chi connectivity index (χ1v) is 6.15. The molecule has 0 unspecified atom stereocenters. The van der Waals surface area contributed by atoms with E-state index in [0.717, 1.165) is 30.8 Å². The molecule has 1 atom stereocenters. The molecular weight excluding hydrogens is 216 g/mol. The van der Waals surface area contributed by atoms with Crippen LogP contribution in [0.1, 0.15) is 25.3 Å². The zero-order chi connectivity index (χ0) is 12.5. The predicted octanol–water partition coefficient (Wildman–Crippen LogP) is 2.42. The summed E-state index contributed by atoms with van der Waals surface area (Å²) in [6.07, 6.45) is 2.36. The molecule has 0 saturated heterocycles. The topological polar surface area (TPSA) is 38.7 Å². The van der Waals surface area contributed by atoms with E-state index in [0.29, 0.717) is 13.0 Å². The van der Waals surface area contributed by atoms with Crippen molar-refractivity contribution in [2.45, 2.75) is 32.3 Å². The molecule has 96 valence electrons. The van der Waals surface area contributed by atoms with Gasteiger partial charge in [-0.05, 0) is 24.1 Å². The average Bonchev–Trinajstić information content (AvgIpc) is 2.36. The van der Waals surface area contributed by atoms with Gasteiger partial charge >= 0.3 is 0 Å². The van der Waals surface area contributed by atoms with Gasteiger partial charge in [0.05, 0.1) is 19.8 Å². The van der Waals surface area contributed by atoms with Gasteiger partial charge in [0.25, 0.3) is 0 Å². The van der Waals surface area contributed by atoms with Crippen LogP contribution in [0.4, 0.5) is 0 Å². The number of hydrogen-bond donors (Lipinski definition) is 1. The second-order valence-electron chi connectivity index (χ2n) is 4.13. The Bertz CT molecular complexity index is 295. The van der Waals surface area contributed by atoms with Crippen LogP contribution in [-0.4, -0.2) is 31.5 Å². The van der Waals surface area contributed by atoms with Crippen molar-refractivity contribution in [3.63, 3.8) is 0 Å². The Morgan fingerprint density at radius 3 is 2.53 bits per heavy atom. The molecule has 1 aromatic carbocycles. The maximum atomic E-state index is 9.77. The molecule has 0 saturated carbocycles. The smallest absolute Gasteiger partial charge is 0.118 e. The first-order chi connectivity index (χ1) is 8.26. The van der Waals surface area contributed by atoms with E-state index in [-0.39, 0.29) is 0 Å². The molecular formula is C14H22O3. The molecule has 0 aromatic heterocycles. The second kappa shape index (κ2) is 8.09. The molecule has 0 spiro atoms. The van der Waals surface area contributed by atoms with Gasteiger partial charge in [0.1, 0.15) is 5.75 Å².